The molecule has 3 aromatic rings. The molecule has 8 nitrogen and oxygen atoms in total. The van der Waals surface area contributed by atoms with Crippen molar-refractivity contribution in [1.29, 1.82) is 0 Å². The number of sulfonamides is 1. The van der Waals surface area contributed by atoms with Gasteiger partial charge in [0, 0.05) is 18.4 Å². The van der Waals surface area contributed by atoms with Crippen molar-refractivity contribution in [1.82, 2.24) is 4.98 Å². The monoisotopic (exact) mass is 491 g/mol. The van der Waals surface area contributed by atoms with Crippen LogP contribution < -0.4 is 10.0 Å². The molecule has 11 heteroatoms. The average Bonchev–Trinajstić information content (AvgIpc) is 3.13. The van der Waals surface area contributed by atoms with E-state index in [9.17, 15) is 18.0 Å². The zero-order chi connectivity index (χ0) is 23.3. The molecule has 0 aliphatic carbocycles. The van der Waals surface area contributed by atoms with Gasteiger partial charge in [-0.05, 0) is 36.4 Å². The van der Waals surface area contributed by atoms with Crippen LogP contribution in [0.15, 0.2) is 41.3 Å². The number of amides is 1. The smallest absolute Gasteiger partial charge is 0.306 e. The van der Waals surface area contributed by atoms with E-state index in [1.54, 1.807) is 12.1 Å². The molecule has 0 aliphatic heterocycles. The maximum Gasteiger partial charge on any atom is 0.306 e. The summed E-state index contributed by atoms with van der Waals surface area (Å²) in [6.45, 7) is 1.37. The number of fused-ring (bicyclic) bond motifs is 1. The number of nitrogens with zero attached hydrogens (tertiary/aromatic N) is 1. The Balaban J connectivity index is 1.87. The molecule has 0 aliphatic rings. The second kappa shape index (κ2) is 9.99. The van der Waals surface area contributed by atoms with Crippen molar-refractivity contribution in [3.8, 4) is 11.8 Å². The van der Waals surface area contributed by atoms with Gasteiger partial charge < -0.3 is 10.1 Å². The van der Waals surface area contributed by atoms with E-state index in [0.29, 0.717) is 25.9 Å². The van der Waals surface area contributed by atoms with Gasteiger partial charge in [-0.2, -0.15) is 0 Å². The Morgan fingerprint density at radius 2 is 2.00 bits per heavy atom. The number of carbonyl (C=O) groups is 2. The van der Waals surface area contributed by atoms with Crippen LogP contribution in [0.2, 0.25) is 5.02 Å². The number of nitrogens with one attached hydrogen (secondary N) is 2. The quantitative estimate of drug-likeness (QED) is 0.397. The van der Waals surface area contributed by atoms with E-state index in [-0.39, 0.29) is 35.3 Å². The van der Waals surface area contributed by atoms with Crippen molar-refractivity contribution in [2.24, 2.45) is 0 Å². The highest BCUT2D eigenvalue weighted by Gasteiger charge is 2.18. The van der Waals surface area contributed by atoms with Crippen LogP contribution in [-0.4, -0.2) is 32.4 Å². The second-order valence-electron chi connectivity index (χ2n) is 6.50. The molecule has 1 heterocycles. The zero-order valence-electron chi connectivity index (χ0n) is 17.1. The van der Waals surface area contributed by atoms with Gasteiger partial charge in [-0.25, -0.2) is 13.4 Å². The Hall–Kier alpha value is -3.13. The van der Waals surface area contributed by atoms with Crippen LogP contribution >= 0.6 is 22.9 Å². The van der Waals surface area contributed by atoms with Gasteiger partial charge in [0.2, 0.25) is 5.91 Å². The number of esters is 1. The van der Waals surface area contributed by atoms with E-state index < -0.39 is 10.0 Å². The SMILES string of the molecule is COC(=O)CCC#Cc1cc(Cl)ccc1NS(=O)(=O)c1ccc2nc(NC(C)=O)sc2c1. The Morgan fingerprint density at radius 1 is 1.22 bits per heavy atom. The number of benzene rings is 2. The fourth-order valence-corrected chi connectivity index (χ4v) is 4.92. The summed E-state index contributed by atoms with van der Waals surface area (Å²) < 4.78 is 33.7. The molecule has 2 aromatic carbocycles. The minimum absolute atomic E-state index is 0.0302. The molecular weight excluding hydrogens is 474 g/mol. The van der Waals surface area contributed by atoms with Crippen LogP contribution in [0.3, 0.4) is 0 Å². The first-order valence-corrected chi connectivity index (χ1v) is 11.9. The molecule has 0 unspecified atom stereocenters. The molecule has 0 saturated heterocycles. The van der Waals surface area contributed by atoms with Gasteiger partial charge in [0.1, 0.15) is 0 Å². The van der Waals surface area contributed by atoms with Gasteiger partial charge in [-0.3, -0.25) is 14.3 Å². The third-order valence-corrected chi connectivity index (χ3v) is 6.62. The molecule has 0 radical (unpaired) electrons. The van der Waals surface area contributed by atoms with Crippen LogP contribution in [-0.2, 0) is 24.3 Å². The predicted octanol–water partition coefficient (Wildman–Crippen LogP) is 4.01. The van der Waals surface area contributed by atoms with Crippen molar-refractivity contribution < 1.29 is 22.7 Å². The maximum absolute atomic E-state index is 13.0. The van der Waals surface area contributed by atoms with Crippen molar-refractivity contribution in [2.75, 3.05) is 17.1 Å². The van der Waals surface area contributed by atoms with E-state index >= 15 is 0 Å². The molecule has 3 rings (SSSR count). The molecule has 0 spiro atoms. The molecule has 2 N–H and O–H groups in total. The first kappa shape index (κ1) is 23.5. The fourth-order valence-electron chi connectivity index (χ4n) is 2.61. The third-order valence-electron chi connectivity index (χ3n) is 4.08. The highest BCUT2D eigenvalue weighted by atomic mass is 35.5. The van der Waals surface area contributed by atoms with Crippen molar-refractivity contribution in [3.05, 3.63) is 47.0 Å². The molecule has 32 heavy (non-hydrogen) atoms. The Bertz CT molecular complexity index is 1360. The van der Waals surface area contributed by atoms with E-state index in [2.05, 4.69) is 31.6 Å². The molecule has 0 fully saturated rings. The zero-order valence-corrected chi connectivity index (χ0v) is 19.5. The highest BCUT2D eigenvalue weighted by molar-refractivity contribution is 7.92. The Kier molecular flexibility index (Phi) is 7.35. The van der Waals surface area contributed by atoms with Gasteiger partial charge in [0.25, 0.3) is 10.0 Å². The summed E-state index contributed by atoms with van der Waals surface area (Å²) in [4.78, 5) is 26.7. The van der Waals surface area contributed by atoms with E-state index in [0.717, 1.165) is 0 Å². The van der Waals surface area contributed by atoms with Crippen molar-refractivity contribution >= 4 is 65.9 Å². The third kappa shape index (κ3) is 5.97. The minimum Gasteiger partial charge on any atom is -0.469 e. The number of methoxy groups -OCH3 is 1. The fraction of sp³-hybridized carbons (Fsp3) is 0.190. The molecule has 166 valence electrons. The van der Waals surface area contributed by atoms with E-state index in [1.807, 2.05) is 0 Å². The topological polar surface area (TPSA) is 114 Å². The summed E-state index contributed by atoms with van der Waals surface area (Å²) in [5.74, 6) is 5.01. The van der Waals surface area contributed by atoms with Crippen LogP contribution in [0.4, 0.5) is 10.8 Å². The van der Waals surface area contributed by atoms with Gasteiger partial charge in [-0.15, -0.1) is 0 Å². The number of aromatic nitrogens is 1. The average molecular weight is 492 g/mol. The van der Waals surface area contributed by atoms with E-state index in [4.69, 9.17) is 11.6 Å². The van der Waals surface area contributed by atoms with Gasteiger partial charge in [0.15, 0.2) is 5.13 Å². The first-order valence-electron chi connectivity index (χ1n) is 9.24. The summed E-state index contributed by atoms with van der Waals surface area (Å²) in [5, 5.41) is 3.36. The lowest BCUT2D eigenvalue weighted by atomic mass is 10.2. The largest absolute Gasteiger partial charge is 0.469 e. The molecule has 1 aromatic heterocycles. The molecule has 0 saturated carbocycles. The summed E-state index contributed by atoms with van der Waals surface area (Å²) in [6, 6.07) is 9.09. The normalized spacial score (nSPS) is 10.8. The van der Waals surface area contributed by atoms with Gasteiger partial charge >= 0.3 is 5.97 Å². The van der Waals surface area contributed by atoms with Crippen LogP contribution in [0, 0.1) is 11.8 Å². The summed E-state index contributed by atoms with van der Waals surface area (Å²) in [5.41, 5.74) is 1.20. The lowest BCUT2D eigenvalue weighted by Gasteiger charge is -2.10. The predicted molar refractivity (Wildman–Crippen MR) is 124 cm³/mol. The highest BCUT2D eigenvalue weighted by Crippen LogP contribution is 2.29. The van der Waals surface area contributed by atoms with Crippen LogP contribution in [0.25, 0.3) is 10.2 Å². The second-order valence-corrected chi connectivity index (χ2v) is 9.65. The molecule has 0 atom stereocenters. The van der Waals surface area contributed by atoms with Crippen LogP contribution in [0.1, 0.15) is 25.3 Å². The number of anilines is 2. The first-order chi connectivity index (χ1) is 15.2. The maximum atomic E-state index is 13.0. The van der Waals surface area contributed by atoms with Crippen molar-refractivity contribution in [2.45, 2.75) is 24.7 Å². The lowest BCUT2D eigenvalue weighted by Crippen LogP contribution is -2.13. The molecule has 0 bridgehead atoms. The molecule has 1 amide bonds. The summed E-state index contributed by atoms with van der Waals surface area (Å²) in [6.07, 6.45) is 0.379. The Labute approximate surface area is 194 Å². The number of carbonyl (C=O) groups excluding carboxylic acids is 2. The number of hydrogen-bond donors (Lipinski definition) is 2. The van der Waals surface area contributed by atoms with Crippen LogP contribution in [0.5, 0.6) is 0 Å². The standard InChI is InChI=1S/C21H18ClN3O5S2/c1-13(26)23-21-24-18-10-8-16(12-19(18)31-21)32(28,29)25-17-9-7-15(22)11-14(17)5-3-4-6-20(27)30-2/h7-12,25H,4,6H2,1-2H3,(H,23,24,26). The van der Waals surface area contributed by atoms with Gasteiger partial charge in [0.05, 0.1) is 39.9 Å². The number of halogens is 1. The summed E-state index contributed by atoms with van der Waals surface area (Å²) >= 11 is 7.21. The van der Waals surface area contributed by atoms with E-state index in [1.165, 1.54) is 49.6 Å². The summed E-state index contributed by atoms with van der Waals surface area (Å²) in [7, 11) is -2.65. The number of rotatable bonds is 6. The van der Waals surface area contributed by atoms with Gasteiger partial charge in [-0.1, -0.05) is 34.8 Å². The molecular formula is C21H18ClN3O5S2. The minimum atomic E-state index is -3.95. The Morgan fingerprint density at radius 3 is 2.72 bits per heavy atom. The number of hydrogen-bond acceptors (Lipinski definition) is 7. The lowest BCUT2D eigenvalue weighted by molar-refractivity contribution is -0.140. The van der Waals surface area contributed by atoms with Crippen molar-refractivity contribution in [3.63, 3.8) is 0 Å². The number of ether oxygens (including phenoxy) is 1. The number of thiazole rings is 1.